The van der Waals surface area contributed by atoms with Gasteiger partial charge in [0, 0.05) is 0 Å². The van der Waals surface area contributed by atoms with E-state index in [0.29, 0.717) is 0 Å². The van der Waals surface area contributed by atoms with Gasteiger partial charge in [-0.25, -0.2) is 0 Å². The number of hydrogen-bond donors (Lipinski definition) is 1. The molecule has 0 radical (unpaired) electrons. The Bertz CT molecular complexity index is 376. The van der Waals surface area contributed by atoms with E-state index in [1.54, 1.807) is 0 Å². The first-order valence-corrected chi connectivity index (χ1v) is 5.90. The van der Waals surface area contributed by atoms with Crippen molar-refractivity contribution in [3.63, 3.8) is 0 Å². The molecular formula is C13H20BNO3. The summed E-state index contributed by atoms with van der Waals surface area (Å²) in [5, 5.41) is 0. The lowest BCUT2D eigenvalue weighted by Crippen LogP contribution is -2.41. The minimum atomic E-state index is -0.256. The predicted octanol–water partition coefficient (Wildman–Crippen LogP) is 1.09. The van der Waals surface area contributed by atoms with Crippen LogP contribution in [-0.4, -0.2) is 24.7 Å². The zero-order chi connectivity index (χ0) is 13.8. The maximum atomic E-state index is 8.58. The second kappa shape index (κ2) is 5.54. The van der Waals surface area contributed by atoms with Gasteiger partial charge in [-0.2, -0.15) is 0 Å². The number of amides is 1. The third kappa shape index (κ3) is 3.12. The number of hydrogen-bond acceptors (Lipinski definition) is 3. The number of carbonyl (C=O) groups is 1. The predicted molar refractivity (Wildman–Crippen MR) is 72.4 cm³/mol. The van der Waals surface area contributed by atoms with Crippen LogP contribution in [-0.2, 0) is 14.1 Å². The summed E-state index contributed by atoms with van der Waals surface area (Å²) in [6.07, 6.45) is 0.250. The molecule has 4 nitrogen and oxygen atoms in total. The Morgan fingerprint density at radius 3 is 1.83 bits per heavy atom. The smallest absolute Gasteiger partial charge is 0.399 e. The zero-order valence-electron chi connectivity index (χ0n) is 11.3. The van der Waals surface area contributed by atoms with Gasteiger partial charge in [0.15, 0.2) is 0 Å². The van der Waals surface area contributed by atoms with Gasteiger partial charge in [-0.1, -0.05) is 30.3 Å². The van der Waals surface area contributed by atoms with E-state index in [9.17, 15) is 0 Å². The van der Waals surface area contributed by atoms with E-state index in [2.05, 4.69) is 33.4 Å². The van der Waals surface area contributed by atoms with Gasteiger partial charge in [-0.3, -0.25) is 4.79 Å². The lowest BCUT2D eigenvalue weighted by Gasteiger charge is -2.32. The number of primary amides is 1. The average molecular weight is 249 g/mol. The Morgan fingerprint density at radius 2 is 1.44 bits per heavy atom. The quantitative estimate of drug-likeness (QED) is 0.598. The standard InChI is InChI=1S/C12H17BO2.CH3NO/c1-11(2)12(3,4)15-13(14-11)10-8-6-5-7-9-10;2-1-3/h5-9H,1-4H3;1H,(H2,2,3). The normalized spacial score (nSPS) is 19.9. The van der Waals surface area contributed by atoms with Crippen LogP contribution >= 0.6 is 0 Å². The molecule has 2 N–H and O–H groups in total. The summed E-state index contributed by atoms with van der Waals surface area (Å²) in [5.74, 6) is 0. The Balaban J connectivity index is 0.000000492. The molecule has 98 valence electrons. The Hall–Kier alpha value is -1.33. The highest BCUT2D eigenvalue weighted by atomic mass is 16.7. The lowest BCUT2D eigenvalue weighted by molar-refractivity contribution is -0.106. The van der Waals surface area contributed by atoms with Crippen molar-refractivity contribution in [3.8, 4) is 0 Å². The molecule has 1 saturated heterocycles. The topological polar surface area (TPSA) is 61.6 Å². The van der Waals surface area contributed by atoms with Crippen LogP contribution in [0.5, 0.6) is 0 Å². The van der Waals surface area contributed by atoms with Crippen molar-refractivity contribution in [2.45, 2.75) is 38.9 Å². The van der Waals surface area contributed by atoms with Crippen LogP contribution in [0.2, 0.25) is 0 Å². The van der Waals surface area contributed by atoms with Gasteiger partial charge in [-0.05, 0) is 33.2 Å². The van der Waals surface area contributed by atoms with Crippen LogP contribution in [0.25, 0.3) is 0 Å². The zero-order valence-corrected chi connectivity index (χ0v) is 11.3. The van der Waals surface area contributed by atoms with Crippen LogP contribution < -0.4 is 11.2 Å². The highest BCUT2D eigenvalue weighted by molar-refractivity contribution is 6.62. The minimum absolute atomic E-state index is 0.240. The average Bonchev–Trinajstić information content (AvgIpc) is 2.51. The van der Waals surface area contributed by atoms with Crippen molar-refractivity contribution in [2.75, 3.05) is 0 Å². The molecule has 1 aromatic carbocycles. The molecule has 1 fully saturated rings. The summed E-state index contributed by atoms with van der Waals surface area (Å²) < 4.78 is 11.9. The second-order valence-electron chi connectivity index (χ2n) is 5.14. The number of benzene rings is 1. The van der Waals surface area contributed by atoms with E-state index in [1.807, 2.05) is 30.3 Å². The van der Waals surface area contributed by atoms with E-state index < -0.39 is 0 Å². The van der Waals surface area contributed by atoms with Gasteiger partial charge in [-0.15, -0.1) is 0 Å². The molecule has 0 bridgehead atoms. The van der Waals surface area contributed by atoms with Gasteiger partial charge in [0.1, 0.15) is 0 Å². The molecule has 0 aliphatic carbocycles. The van der Waals surface area contributed by atoms with Gasteiger partial charge >= 0.3 is 7.12 Å². The first-order chi connectivity index (χ1) is 8.34. The Kier molecular flexibility index (Phi) is 4.54. The second-order valence-corrected chi connectivity index (χ2v) is 5.14. The molecule has 1 heterocycles. The van der Waals surface area contributed by atoms with Crippen LogP contribution in [0.4, 0.5) is 0 Å². The van der Waals surface area contributed by atoms with Crippen molar-refractivity contribution in [3.05, 3.63) is 30.3 Å². The van der Waals surface area contributed by atoms with Gasteiger partial charge in [0.25, 0.3) is 0 Å². The molecule has 1 aliphatic heterocycles. The van der Waals surface area contributed by atoms with Crippen molar-refractivity contribution < 1.29 is 14.1 Å². The molecule has 5 heteroatoms. The maximum Gasteiger partial charge on any atom is 0.494 e. The SMILES string of the molecule is CC1(C)OB(c2ccccc2)OC1(C)C.NC=O. The number of rotatable bonds is 1. The number of nitrogens with two attached hydrogens (primary N) is 1. The molecular weight excluding hydrogens is 229 g/mol. The van der Waals surface area contributed by atoms with Crippen LogP contribution in [0.15, 0.2) is 30.3 Å². The molecule has 18 heavy (non-hydrogen) atoms. The summed E-state index contributed by atoms with van der Waals surface area (Å²) in [4.78, 5) is 8.58. The van der Waals surface area contributed by atoms with E-state index in [-0.39, 0.29) is 24.7 Å². The van der Waals surface area contributed by atoms with Crippen molar-refractivity contribution in [1.29, 1.82) is 0 Å². The fourth-order valence-corrected chi connectivity index (χ4v) is 1.59. The molecule has 0 atom stereocenters. The Morgan fingerprint density at radius 1 is 1.06 bits per heavy atom. The third-order valence-corrected chi connectivity index (χ3v) is 3.32. The summed E-state index contributed by atoms with van der Waals surface area (Å²) in [6, 6.07) is 10.1. The van der Waals surface area contributed by atoms with Gasteiger partial charge < -0.3 is 15.0 Å². The summed E-state index contributed by atoms with van der Waals surface area (Å²) >= 11 is 0. The summed E-state index contributed by atoms with van der Waals surface area (Å²) in [7, 11) is -0.240. The summed E-state index contributed by atoms with van der Waals surface area (Å²) in [6.45, 7) is 8.26. The van der Waals surface area contributed by atoms with Crippen molar-refractivity contribution in [1.82, 2.24) is 0 Å². The van der Waals surface area contributed by atoms with E-state index in [0.717, 1.165) is 5.46 Å². The third-order valence-electron chi connectivity index (χ3n) is 3.32. The molecule has 1 amide bonds. The van der Waals surface area contributed by atoms with Gasteiger partial charge in [0.05, 0.1) is 11.2 Å². The fraction of sp³-hybridized carbons (Fsp3) is 0.462. The molecule has 0 aromatic heterocycles. The van der Waals surface area contributed by atoms with Crippen molar-refractivity contribution in [2.24, 2.45) is 5.73 Å². The Labute approximate surface area is 109 Å². The molecule has 0 unspecified atom stereocenters. The van der Waals surface area contributed by atoms with Crippen LogP contribution in [0.1, 0.15) is 27.7 Å². The maximum absolute atomic E-state index is 8.58. The number of carbonyl (C=O) groups excluding carboxylic acids is 1. The molecule has 1 aromatic rings. The molecule has 1 aliphatic rings. The molecule has 2 rings (SSSR count). The van der Waals surface area contributed by atoms with E-state index >= 15 is 0 Å². The largest absolute Gasteiger partial charge is 0.494 e. The highest BCUT2D eigenvalue weighted by Gasteiger charge is 2.51. The van der Waals surface area contributed by atoms with E-state index in [1.165, 1.54) is 0 Å². The monoisotopic (exact) mass is 249 g/mol. The highest BCUT2D eigenvalue weighted by Crippen LogP contribution is 2.36. The van der Waals surface area contributed by atoms with Crippen LogP contribution in [0, 0.1) is 0 Å². The van der Waals surface area contributed by atoms with E-state index in [4.69, 9.17) is 14.1 Å². The molecule has 0 saturated carbocycles. The van der Waals surface area contributed by atoms with Crippen LogP contribution in [0.3, 0.4) is 0 Å². The molecule has 0 spiro atoms. The van der Waals surface area contributed by atoms with Crippen molar-refractivity contribution >= 4 is 19.0 Å². The minimum Gasteiger partial charge on any atom is -0.399 e. The lowest BCUT2D eigenvalue weighted by atomic mass is 9.79. The van der Waals surface area contributed by atoms with Gasteiger partial charge in [0.2, 0.25) is 6.41 Å². The first-order valence-electron chi connectivity index (χ1n) is 5.90. The fourth-order valence-electron chi connectivity index (χ4n) is 1.59. The summed E-state index contributed by atoms with van der Waals surface area (Å²) in [5.41, 5.74) is 4.73. The first kappa shape index (κ1) is 14.7.